The highest BCUT2D eigenvalue weighted by Gasteiger charge is 2.77. The van der Waals surface area contributed by atoms with Crippen LogP contribution in [-0.4, -0.2) is 82.0 Å². The number of ether oxygens (including phenoxy) is 2. The van der Waals surface area contributed by atoms with Gasteiger partial charge in [-0.25, -0.2) is 0 Å². The Bertz CT molecular complexity index is 1590. The molecule has 3 fully saturated rings. The van der Waals surface area contributed by atoms with Crippen LogP contribution in [0.15, 0.2) is 79.9 Å². The first-order valence-electron chi connectivity index (χ1n) is 17.0. The minimum Gasteiger partial charge on any atom is -0.455 e. The lowest BCUT2D eigenvalue weighted by Gasteiger charge is -2.40. The van der Waals surface area contributed by atoms with Gasteiger partial charge in [0, 0.05) is 17.8 Å². The molecule has 3 saturated heterocycles. The van der Waals surface area contributed by atoms with Gasteiger partial charge < -0.3 is 29.7 Å². The van der Waals surface area contributed by atoms with Crippen LogP contribution in [0, 0.1) is 17.8 Å². The van der Waals surface area contributed by atoms with Crippen molar-refractivity contribution in [3.8, 4) is 0 Å². The van der Waals surface area contributed by atoms with Crippen LogP contribution in [0.3, 0.4) is 0 Å². The second-order valence-corrected chi connectivity index (χ2v) is 15.1. The van der Waals surface area contributed by atoms with Gasteiger partial charge in [0.15, 0.2) is 0 Å². The van der Waals surface area contributed by atoms with Crippen LogP contribution >= 0.6 is 27.5 Å². The number of rotatable bonds is 16. The Morgan fingerprint density at radius 1 is 1.16 bits per heavy atom. The Morgan fingerprint density at radius 2 is 1.86 bits per heavy atom. The normalized spacial score (nSPS) is 26.3. The predicted molar refractivity (Wildman–Crippen MR) is 195 cm³/mol. The molecule has 0 saturated carbocycles. The van der Waals surface area contributed by atoms with E-state index in [-0.39, 0.29) is 49.2 Å². The lowest BCUT2D eigenvalue weighted by atomic mass is 9.70. The number of alkyl halides is 1. The number of para-hydroxylation sites is 1. The van der Waals surface area contributed by atoms with Crippen molar-refractivity contribution in [2.45, 2.75) is 74.3 Å². The number of nitrogens with one attached hydrogen (secondary N) is 1. The van der Waals surface area contributed by atoms with Crippen LogP contribution in [0.2, 0.25) is 5.02 Å². The molecular weight excluding hydrogens is 726 g/mol. The molecule has 3 amide bonds. The fourth-order valence-electron chi connectivity index (χ4n) is 7.73. The summed E-state index contributed by atoms with van der Waals surface area (Å²) < 4.78 is 12.9. The van der Waals surface area contributed by atoms with Crippen molar-refractivity contribution in [3.05, 3.63) is 90.5 Å². The highest BCUT2D eigenvalue weighted by atomic mass is 79.9. The molecule has 50 heavy (non-hydrogen) atoms. The van der Waals surface area contributed by atoms with E-state index in [2.05, 4.69) is 34.4 Å². The zero-order valence-electron chi connectivity index (χ0n) is 28.4. The minimum atomic E-state index is -1.40. The van der Waals surface area contributed by atoms with E-state index in [0.717, 1.165) is 0 Å². The van der Waals surface area contributed by atoms with E-state index in [1.807, 2.05) is 32.0 Å². The third kappa shape index (κ3) is 7.28. The van der Waals surface area contributed by atoms with E-state index in [1.165, 1.54) is 9.80 Å². The quantitative estimate of drug-likeness (QED) is 0.134. The summed E-state index contributed by atoms with van der Waals surface area (Å²) in [4.78, 5) is 59.1. The summed E-state index contributed by atoms with van der Waals surface area (Å²) in [6.45, 7) is 11.2. The van der Waals surface area contributed by atoms with Crippen molar-refractivity contribution >= 4 is 56.9 Å². The molecule has 2 N–H and O–H groups in total. The molecule has 1 unspecified atom stereocenters. The molecular formula is C38H45BrClN3O7. The highest BCUT2D eigenvalue weighted by molar-refractivity contribution is 9.09. The highest BCUT2D eigenvalue weighted by Crippen LogP contribution is 2.61. The van der Waals surface area contributed by atoms with Gasteiger partial charge in [0.2, 0.25) is 11.8 Å². The van der Waals surface area contributed by atoms with Gasteiger partial charge in [0.1, 0.15) is 17.7 Å². The molecule has 0 aromatic heterocycles. The average Bonchev–Trinajstić information content (AvgIpc) is 3.70. The first kappa shape index (κ1) is 37.7. The number of aliphatic hydroxyl groups is 1. The number of carbonyl (C=O) groups excluding carboxylic acids is 4. The molecule has 0 radical (unpaired) electrons. The second kappa shape index (κ2) is 16.2. The number of amides is 3. The van der Waals surface area contributed by atoms with E-state index >= 15 is 0 Å². The van der Waals surface area contributed by atoms with Crippen molar-refractivity contribution < 1.29 is 33.8 Å². The number of hydrogen-bond donors (Lipinski definition) is 2. The zero-order chi connectivity index (χ0) is 36.2. The zero-order valence-corrected chi connectivity index (χ0v) is 30.7. The number of allylic oxidation sites excluding steroid dienone is 1. The van der Waals surface area contributed by atoms with Crippen molar-refractivity contribution in [1.82, 2.24) is 10.2 Å². The number of aliphatic hydroxyl groups excluding tert-OH is 1. The Balaban J connectivity index is 1.54. The third-order valence-corrected chi connectivity index (χ3v) is 11.0. The number of hydrogen-bond acceptors (Lipinski definition) is 7. The van der Waals surface area contributed by atoms with Crippen LogP contribution in [-0.2, 0) is 28.7 Å². The van der Waals surface area contributed by atoms with E-state index in [4.69, 9.17) is 21.1 Å². The summed E-state index contributed by atoms with van der Waals surface area (Å²) in [5, 5.41) is 13.9. The molecule has 0 aliphatic carbocycles. The number of anilines is 1. The lowest BCUT2D eigenvalue weighted by molar-refractivity contribution is -0.161. The largest absolute Gasteiger partial charge is 0.455 e. The van der Waals surface area contributed by atoms with E-state index < -0.39 is 59.5 Å². The topological polar surface area (TPSA) is 125 Å². The van der Waals surface area contributed by atoms with Crippen molar-refractivity contribution in [2.75, 3.05) is 24.6 Å². The summed E-state index contributed by atoms with van der Waals surface area (Å²) in [5.41, 5.74) is -0.290. The summed E-state index contributed by atoms with van der Waals surface area (Å²) in [6.07, 6.45) is 3.06. The Morgan fingerprint density at radius 3 is 2.50 bits per heavy atom. The van der Waals surface area contributed by atoms with Crippen LogP contribution < -0.4 is 10.2 Å². The van der Waals surface area contributed by atoms with Gasteiger partial charge in [-0.05, 0) is 42.9 Å². The number of fused-ring (bicyclic) bond motifs is 1. The summed E-state index contributed by atoms with van der Waals surface area (Å²) in [7, 11) is 0. The maximum atomic E-state index is 14.9. The predicted octanol–water partition coefficient (Wildman–Crippen LogP) is 5.38. The molecule has 2 aromatic carbocycles. The van der Waals surface area contributed by atoms with Crippen LogP contribution in [0.1, 0.15) is 51.2 Å². The second-order valence-electron chi connectivity index (χ2n) is 13.5. The third-order valence-electron chi connectivity index (χ3n) is 9.79. The number of nitrogens with zero attached hydrogens (tertiary/aromatic N) is 2. The standard InChI is InChI=1S/C38H45BrClN3O7/c1-5-7-17-30(45)41-21-29(24-13-9-8-10-14-24)49-37(48)31-32-35(46)43(25(22-44)19-23(3)4)34(38(32)20-26(39)33(31)50-38)36(47)42(18-6-2)28-16-12-11-15-27(28)40/h5-6,8-16,23,25-26,29,31-34,44H,1-2,7,17-22H2,3-4H3,(H,41,45)/t25-,26?,29+,31+,32-,33+,34+,38-/m1/s1. The van der Waals surface area contributed by atoms with Gasteiger partial charge in [0.25, 0.3) is 5.91 Å². The van der Waals surface area contributed by atoms with E-state index in [9.17, 15) is 24.3 Å². The number of likely N-dealkylation sites (tertiary alicyclic amines) is 1. The molecule has 3 aliphatic rings. The molecule has 2 bridgehead atoms. The van der Waals surface area contributed by atoms with Gasteiger partial charge in [-0.1, -0.05) is 96.0 Å². The Hall–Kier alpha value is -3.51. The van der Waals surface area contributed by atoms with E-state index in [0.29, 0.717) is 29.1 Å². The lowest BCUT2D eigenvalue weighted by Crippen LogP contribution is -2.59. The Labute approximate surface area is 306 Å². The van der Waals surface area contributed by atoms with Gasteiger partial charge in [0.05, 0.1) is 47.8 Å². The molecule has 1 spiro atoms. The molecule has 2 aromatic rings. The van der Waals surface area contributed by atoms with Gasteiger partial charge in [-0.15, -0.1) is 13.2 Å². The van der Waals surface area contributed by atoms with Crippen LogP contribution in [0.25, 0.3) is 0 Å². The molecule has 268 valence electrons. The first-order chi connectivity index (χ1) is 24.0. The smallest absolute Gasteiger partial charge is 0.313 e. The van der Waals surface area contributed by atoms with Crippen LogP contribution in [0.5, 0.6) is 0 Å². The van der Waals surface area contributed by atoms with E-state index in [1.54, 1.807) is 48.6 Å². The van der Waals surface area contributed by atoms with Crippen molar-refractivity contribution in [2.24, 2.45) is 17.8 Å². The molecule has 3 aliphatic heterocycles. The molecule has 3 heterocycles. The number of carbonyl (C=O) groups is 4. The summed E-state index contributed by atoms with van der Waals surface area (Å²) in [5.74, 6) is -3.81. The average molecular weight is 771 g/mol. The number of halogens is 2. The number of esters is 1. The maximum absolute atomic E-state index is 14.9. The minimum absolute atomic E-state index is 0.0219. The van der Waals surface area contributed by atoms with Gasteiger partial charge in [-0.3, -0.25) is 19.2 Å². The maximum Gasteiger partial charge on any atom is 0.313 e. The van der Waals surface area contributed by atoms with Crippen LogP contribution in [0.4, 0.5) is 5.69 Å². The van der Waals surface area contributed by atoms with Gasteiger partial charge >= 0.3 is 5.97 Å². The molecule has 5 rings (SSSR count). The monoisotopic (exact) mass is 769 g/mol. The summed E-state index contributed by atoms with van der Waals surface area (Å²) >= 11 is 10.3. The molecule has 8 atom stereocenters. The SMILES string of the molecule is C=CCCC(=O)NC[C@H](OC(=O)[C@@H]1[C@H]2O[C@@]3(CC2Br)[C@H](C(=O)N(CC=C)c2ccccc2Cl)N([C@@H](CO)CC(C)C)C(=O)[C@@H]13)c1ccccc1. The fourth-order valence-corrected chi connectivity index (χ4v) is 8.91. The van der Waals surface area contributed by atoms with Crippen molar-refractivity contribution in [1.29, 1.82) is 0 Å². The fraction of sp³-hybridized carbons (Fsp3) is 0.474. The number of benzene rings is 2. The summed E-state index contributed by atoms with van der Waals surface area (Å²) in [6, 6.07) is 14.1. The Kier molecular flexibility index (Phi) is 12.2. The first-order valence-corrected chi connectivity index (χ1v) is 18.3. The molecule has 12 heteroatoms. The van der Waals surface area contributed by atoms with Crippen molar-refractivity contribution in [3.63, 3.8) is 0 Å². The van der Waals surface area contributed by atoms with Gasteiger partial charge in [-0.2, -0.15) is 0 Å². The molecule has 10 nitrogen and oxygen atoms in total.